The van der Waals surface area contributed by atoms with E-state index < -0.39 is 0 Å². The van der Waals surface area contributed by atoms with Gasteiger partial charge in [0.25, 0.3) is 0 Å². The SMILES string of the molecule is CC(=O)Nc1cccc(NC(=O)CCc2c(C)nn(C)c2C)c1. The summed E-state index contributed by atoms with van der Waals surface area (Å²) < 4.78 is 1.83. The zero-order chi connectivity index (χ0) is 17.0. The van der Waals surface area contributed by atoms with E-state index in [0.717, 1.165) is 17.0 Å². The van der Waals surface area contributed by atoms with Gasteiger partial charge in [-0.1, -0.05) is 6.07 Å². The van der Waals surface area contributed by atoms with Crippen molar-refractivity contribution in [2.75, 3.05) is 10.6 Å². The van der Waals surface area contributed by atoms with Crippen molar-refractivity contribution in [3.8, 4) is 0 Å². The van der Waals surface area contributed by atoms with E-state index in [1.165, 1.54) is 6.92 Å². The summed E-state index contributed by atoms with van der Waals surface area (Å²) in [5.41, 5.74) is 4.50. The van der Waals surface area contributed by atoms with Gasteiger partial charge in [-0.15, -0.1) is 0 Å². The largest absolute Gasteiger partial charge is 0.326 e. The summed E-state index contributed by atoms with van der Waals surface area (Å²) in [6, 6.07) is 7.10. The van der Waals surface area contributed by atoms with Gasteiger partial charge in [0, 0.05) is 37.5 Å². The standard InChI is InChI=1S/C17H22N4O2/c1-11-16(12(2)21(4)20-11)8-9-17(23)19-15-7-5-6-14(10-15)18-13(3)22/h5-7,10H,8-9H2,1-4H3,(H,18,22)(H,19,23). The fraction of sp³-hybridized carbons (Fsp3) is 0.353. The summed E-state index contributed by atoms with van der Waals surface area (Å²) >= 11 is 0. The van der Waals surface area contributed by atoms with Gasteiger partial charge in [0.05, 0.1) is 5.69 Å². The highest BCUT2D eigenvalue weighted by atomic mass is 16.2. The predicted molar refractivity (Wildman–Crippen MR) is 90.4 cm³/mol. The van der Waals surface area contributed by atoms with E-state index in [9.17, 15) is 9.59 Å². The minimum Gasteiger partial charge on any atom is -0.326 e. The molecule has 1 aromatic carbocycles. The zero-order valence-electron chi connectivity index (χ0n) is 13.9. The van der Waals surface area contributed by atoms with Crippen LogP contribution in [0.4, 0.5) is 11.4 Å². The predicted octanol–water partition coefficient (Wildman–Crippen LogP) is 2.57. The number of rotatable bonds is 5. The molecule has 0 radical (unpaired) electrons. The van der Waals surface area contributed by atoms with Crippen LogP contribution < -0.4 is 10.6 Å². The van der Waals surface area contributed by atoms with Crippen molar-refractivity contribution in [1.29, 1.82) is 0 Å². The maximum absolute atomic E-state index is 12.1. The first-order valence-corrected chi connectivity index (χ1v) is 7.53. The van der Waals surface area contributed by atoms with Gasteiger partial charge in [-0.3, -0.25) is 14.3 Å². The number of benzene rings is 1. The maximum Gasteiger partial charge on any atom is 0.224 e. The molecular weight excluding hydrogens is 292 g/mol. The molecular formula is C17H22N4O2. The molecule has 23 heavy (non-hydrogen) atoms. The molecule has 0 unspecified atom stereocenters. The number of hydrogen-bond acceptors (Lipinski definition) is 3. The van der Waals surface area contributed by atoms with Gasteiger partial charge in [-0.25, -0.2) is 0 Å². The number of anilines is 2. The number of aromatic nitrogens is 2. The lowest BCUT2D eigenvalue weighted by Gasteiger charge is -2.08. The zero-order valence-corrected chi connectivity index (χ0v) is 13.9. The Labute approximate surface area is 135 Å². The Balaban J connectivity index is 1.96. The smallest absolute Gasteiger partial charge is 0.224 e. The summed E-state index contributed by atoms with van der Waals surface area (Å²) in [4.78, 5) is 23.2. The van der Waals surface area contributed by atoms with E-state index in [-0.39, 0.29) is 11.8 Å². The molecule has 1 aromatic heterocycles. The number of carbonyl (C=O) groups excluding carboxylic acids is 2. The third-order valence-corrected chi connectivity index (χ3v) is 3.73. The Morgan fingerprint density at radius 3 is 2.39 bits per heavy atom. The molecule has 2 rings (SSSR count). The molecule has 1 heterocycles. The summed E-state index contributed by atoms with van der Waals surface area (Å²) in [6.45, 7) is 5.41. The number of hydrogen-bond donors (Lipinski definition) is 2. The summed E-state index contributed by atoms with van der Waals surface area (Å²) in [5, 5.41) is 9.90. The van der Waals surface area contributed by atoms with E-state index >= 15 is 0 Å². The van der Waals surface area contributed by atoms with E-state index in [0.29, 0.717) is 24.2 Å². The number of amides is 2. The molecule has 0 saturated heterocycles. The first kappa shape index (κ1) is 16.7. The molecule has 0 atom stereocenters. The maximum atomic E-state index is 12.1. The van der Waals surface area contributed by atoms with E-state index in [2.05, 4.69) is 15.7 Å². The molecule has 0 aliphatic rings. The molecule has 0 saturated carbocycles. The highest BCUT2D eigenvalue weighted by molar-refractivity contribution is 5.93. The normalized spacial score (nSPS) is 10.4. The van der Waals surface area contributed by atoms with Crippen LogP contribution in [0, 0.1) is 13.8 Å². The van der Waals surface area contributed by atoms with Crippen molar-refractivity contribution >= 4 is 23.2 Å². The highest BCUT2D eigenvalue weighted by Gasteiger charge is 2.11. The van der Waals surface area contributed by atoms with Crippen molar-refractivity contribution in [1.82, 2.24) is 9.78 Å². The Hall–Kier alpha value is -2.63. The van der Waals surface area contributed by atoms with Gasteiger partial charge in [-0.2, -0.15) is 5.10 Å². The summed E-state index contributed by atoms with van der Waals surface area (Å²) in [6.07, 6.45) is 1.04. The van der Waals surface area contributed by atoms with E-state index in [1.54, 1.807) is 24.3 Å². The van der Waals surface area contributed by atoms with Crippen molar-refractivity contribution in [2.45, 2.75) is 33.6 Å². The fourth-order valence-corrected chi connectivity index (χ4v) is 2.52. The summed E-state index contributed by atoms with van der Waals surface area (Å²) in [7, 11) is 1.90. The third-order valence-electron chi connectivity index (χ3n) is 3.73. The molecule has 2 aromatic rings. The van der Waals surface area contributed by atoms with Crippen LogP contribution in [0.1, 0.15) is 30.3 Å². The van der Waals surface area contributed by atoms with Crippen LogP contribution in [0.15, 0.2) is 24.3 Å². The van der Waals surface area contributed by atoms with Crippen LogP contribution in [0.2, 0.25) is 0 Å². The van der Waals surface area contributed by atoms with Gasteiger partial charge in [0.15, 0.2) is 0 Å². The van der Waals surface area contributed by atoms with Gasteiger partial charge in [0.2, 0.25) is 11.8 Å². The lowest BCUT2D eigenvalue weighted by atomic mass is 10.1. The fourth-order valence-electron chi connectivity index (χ4n) is 2.52. The second-order valence-electron chi connectivity index (χ2n) is 5.58. The molecule has 122 valence electrons. The average Bonchev–Trinajstić information content (AvgIpc) is 2.70. The van der Waals surface area contributed by atoms with Gasteiger partial charge in [0.1, 0.15) is 0 Å². The van der Waals surface area contributed by atoms with Crippen LogP contribution in [-0.2, 0) is 23.1 Å². The number of aryl methyl sites for hydroxylation is 2. The van der Waals surface area contributed by atoms with Crippen LogP contribution in [0.25, 0.3) is 0 Å². The van der Waals surface area contributed by atoms with Crippen molar-refractivity contribution in [3.05, 3.63) is 41.2 Å². The van der Waals surface area contributed by atoms with Gasteiger partial charge >= 0.3 is 0 Å². The number of nitrogens with zero attached hydrogens (tertiary/aromatic N) is 2. The molecule has 2 N–H and O–H groups in total. The van der Waals surface area contributed by atoms with Crippen molar-refractivity contribution < 1.29 is 9.59 Å². The highest BCUT2D eigenvalue weighted by Crippen LogP contribution is 2.17. The molecule has 0 aliphatic heterocycles. The first-order chi connectivity index (χ1) is 10.9. The molecule has 6 nitrogen and oxygen atoms in total. The number of carbonyl (C=O) groups is 2. The quantitative estimate of drug-likeness (QED) is 0.890. The lowest BCUT2D eigenvalue weighted by Crippen LogP contribution is -2.13. The van der Waals surface area contributed by atoms with E-state index in [1.807, 2.05) is 25.6 Å². The molecule has 6 heteroatoms. The van der Waals surface area contributed by atoms with Gasteiger partial charge < -0.3 is 10.6 Å². The Morgan fingerprint density at radius 2 is 1.83 bits per heavy atom. The lowest BCUT2D eigenvalue weighted by molar-refractivity contribution is -0.116. The van der Waals surface area contributed by atoms with E-state index in [4.69, 9.17) is 0 Å². The molecule has 0 aliphatic carbocycles. The van der Waals surface area contributed by atoms with Crippen molar-refractivity contribution in [3.63, 3.8) is 0 Å². The average molecular weight is 314 g/mol. The first-order valence-electron chi connectivity index (χ1n) is 7.53. The van der Waals surface area contributed by atoms with Gasteiger partial charge in [-0.05, 0) is 44.0 Å². The van der Waals surface area contributed by atoms with Crippen molar-refractivity contribution in [2.24, 2.45) is 7.05 Å². The molecule has 2 amide bonds. The second-order valence-corrected chi connectivity index (χ2v) is 5.58. The Bertz CT molecular complexity index is 734. The monoisotopic (exact) mass is 314 g/mol. The third kappa shape index (κ3) is 4.42. The minimum atomic E-state index is -0.143. The topological polar surface area (TPSA) is 76.0 Å². The van der Waals surface area contributed by atoms with Crippen LogP contribution in [0.3, 0.4) is 0 Å². The molecule has 0 spiro atoms. The van der Waals surface area contributed by atoms with Crippen LogP contribution >= 0.6 is 0 Å². The Morgan fingerprint density at radius 1 is 1.17 bits per heavy atom. The number of nitrogens with one attached hydrogen (secondary N) is 2. The molecule has 0 fully saturated rings. The summed E-state index contributed by atoms with van der Waals surface area (Å²) in [5.74, 6) is -0.205. The van der Waals surface area contributed by atoms with Crippen LogP contribution in [-0.4, -0.2) is 21.6 Å². The second kappa shape index (κ2) is 7.09. The van der Waals surface area contributed by atoms with Crippen LogP contribution in [0.5, 0.6) is 0 Å². The molecule has 0 bridgehead atoms. The Kier molecular flexibility index (Phi) is 5.16. The minimum absolute atomic E-state index is 0.0624.